The molecule has 2 aliphatic rings. The highest BCUT2D eigenvalue weighted by Crippen LogP contribution is 2.45. The average molecular weight is 404 g/mol. The lowest BCUT2D eigenvalue weighted by Crippen LogP contribution is -2.43. The smallest absolute Gasteiger partial charge is 0.228 e. The number of aliphatic imine (C=N–C) groups is 1. The number of amides is 1. The second kappa shape index (κ2) is 11.4. The average Bonchev–Trinajstić information content (AvgIpc) is 2.81. The third kappa shape index (κ3) is 6.12. The molecular formula is C26H33N3O. The van der Waals surface area contributed by atoms with Crippen LogP contribution < -0.4 is 0 Å². The normalized spacial score (nSPS) is 18.5. The van der Waals surface area contributed by atoms with Gasteiger partial charge < -0.3 is 10.3 Å². The SMILES string of the molecule is N=C/C=C\N=CN(CC1(C2=CC=CCC2)CCCCC1)C(=O)CCc1ccccc1. The van der Waals surface area contributed by atoms with E-state index in [4.69, 9.17) is 5.41 Å². The number of nitrogens with zero attached hydrogens (tertiary/aromatic N) is 2. The van der Waals surface area contributed by atoms with Crippen molar-refractivity contribution in [3.8, 4) is 0 Å². The number of hydrogen-bond donors (Lipinski definition) is 1. The van der Waals surface area contributed by atoms with Crippen LogP contribution in [0.1, 0.15) is 56.9 Å². The van der Waals surface area contributed by atoms with E-state index in [1.807, 2.05) is 23.1 Å². The van der Waals surface area contributed by atoms with Gasteiger partial charge in [0.2, 0.25) is 5.91 Å². The molecule has 1 N–H and O–H groups in total. The maximum Gasteiger partial charge on any atom is 0.228 e. The van der Waals surface area contributed by atoms with Crippen molar-refractivity contribution in [3.63, 3.8) is 0 Å². The third-order valence-electron chi connectivity index (χ3n) is 6.24. The summed E-state index contributed by atoms with van der Waals surface area (Å²) in [5.74, 6) is 0.114. The van der Waals surface area contributed by atoms with Crippen LogP contribution in [0.5, 0.6) is 0 Å². The summed E-state index contributed by atoms with van der Waals surface area (Å²) in [4.78, 5) is 19.3. The first-order valence-electron chi connectivity index (χ1n) is 11.1. The Labute approximate surface area is 180 Å². The molecule has 0 radical (unpaired) electrons. The molecule has 3 rings (SSSR count). The molecule has 30 heavy (non-hydrogen) atoms. The van der Waals surface area contributed by atoms with Crippen LogP contribution in [-0.4, -0.2) is 29.9 Å². The van der Waals surface area contributed by atoms with Crippen LogP contribution in [0.3, 0.4) is 0 Å². The Morgan fingerprint density at radius 2 is 1.97 bits per heavy atom. The van der Waals surface area contributed by atoms with E-state index >= 15 is 0 Å². The maximum absolute atomic E-state index is 13.2. The molecule has 0 heterocycles. The minimum Gasteiger partial charge on any atom is -0.309 e. The van der Waals surface area contributed by atoms with Crippen molar-refractivity contribution < 1.29 is 4.79 Å². The van der Waals surface area contributed by atoms with Gasteiger partial charge in [-0.15, -0.1) is 0 Å². The van der Waals surface area contributed by atoms with Crippen LogP contribution in [0, 0.1) is 10.8 Å². The van der Waals surface area contributed by atoms with E-state index in [9.17, 15) is 4.79 Å². The Morgan fingerprint density at radius 1 is 1.17 bits per heavy atom. The highest BCUT2D eigenvalue weighted by Gasteiger charge is 2.38. The molecule has 1 amide bonds. The van der Waals surface area contributed by atoms with Crippen molar-refractivity contribution in [3.05, 3.63) is 72.0 Å². The van der Waals surface area contributed by atoms with Crippen molar-refractivity contribution in [2.24, 2.45) is 10.4 Å². The summed E-state index contributed by atoms with van der Waals surface area (Å²) >= 11 is 0. The Morgan fingerprint density at radius 3 is 2.67 bits per heavy atom. The van der Waals surface area contributed by atoms with Gasteiger partial charge in [-0.05, 0) is 43.7 Å². The zero-order valence-electron chi connectivity index (χ0n) is 17.8. The molecule has 4 heteroatoms. The van der Waals surface area contributed by atoms with Gasteiger partial charge in [0, 0.05) is 30.8 Å². The second-order valence-electron chi connectivity index (χ2n) is 8.28. The van der Waals surface area contributed by atoms with Gasteiger partial charge in [-0.2, -0.15) is 0 Å². The van der Waals surface area contributed by atoms with Gasteiger partial charge in [0.25, 0.3) is 0 Å². The second-order valence-corrected chi connectivity index (χ2v) is 8.28. The summed E-state index contributed by atoms with van der Waals surface area (Å²) in [6, 6.07) is 10.2. The maximum atomic E-state index is 13.2. The lowest BCUT2D eigenvalue weighted by atomic mass is 9.66. The predicted molar refractivity (Wildman–Crippen MR) is 125 cm³/mol. The van der Waals surface area contributed by atoms with Crippen molar-refractivity contribution in [1.29, 1.82) is 5.41 Å². The summed E-state index contributed by atoms with van der Waals surface area (Å²) in [5, 5.41) is 7.12. The topological polar surface area (TPSA) is 56.5 Å². The first-order chi connectivity index (χ1) is 14.7. The summed E-state index contributed by atoms with van der Waals surface area (Å²) in [5.41, 5.74) is 2.73. The number of rotatable bonds is 9. The first kappa shape index (κ1) is 21.9. The molecule has 0 bridgehead atoms. The molecule has 0 unspecified atom stereocenters. The Kier molecular flexibility index (Phi) is 8.37. The van der Waals surface area contributed by atoms with Gasteiger partial charge in [0.15, 0.2) is 0 Å². The molecule has 4 nitrogen and oxygen atoms in total. The fourth-order valence-electron chi connectivity index (χ4n) is 4.62. The number of nitrogens with one attached hydrogen (secondary N) is 1. The van der Waals surface area contributed by atoms with Crippen molar-refractivity contribution >= 4 is 18.5 Å². The largest absolute Gasteiger partial charge is 0.309 e. The fourth-order valence-corrected chi connectivity index (χ4v) is 4.62. The van der Waals surface area contributed by atoms with Gasteiger partial charge in [-0.3, -0.25) is 4.79 Å². The van der Waals surface area contributed by atoms with E-state index in [-0.39, 0.29) is 11.3 Å². The molecule has 0 aliphatic heterocycles. The van der Waals surface area contributed by atoms with Crippen molar-refractivity contribution in [2.75, 3.05) is 6.54 Å². The van der Waals surface area contributed by atoms with E-state index in [1.165, 1.54) is 36.6 Å². The molecule has 0 atom stereocenters. The van der Waals surface area contributed by atoms with Crippen LogP contribution in [0.4, 0.5) is 0 Å². The van der Waals surface area contributed by atoms with E-state index < -0.39 is 0 Å². The summed E-state index contributed by atoms with van der Waals surface area (Å²) in [6.45, 7) is 0.697. The van der Waals surface area contributed by atoms with Crippen LogP contribution in [-0.2, 0) is 11.2 Å². The number of aryl methyl sites for hydroxylation is 1. The number of carbonyl (C=O) groups is 1. The summed E-state index contributed by atoms with van der Waals surface area (Å²) in [7, 11) is 0. The van der Waals surface area contributed by atoms with E-state index in [1.54, 1.807) is 18.6 Å². The lowest BCUT2D eigenvalue weighted by Gasteiger charge is -2.42. The van der Waals surface area contributed by atoms with E-state index in [0.29, 0.717) is 13.0 Å². The van der Waals surface area contributed by atoms with Crippen molar-refractivity contribution in [1.82, 2.24) is 4.90 Å². The standard InChI is InChI=1S/C26H33N3O/c27-19-10-20-28-22-29(25(30)16-15-23-11-4-1-5-12-23)21-26(17-8-3-9-18-26)24-13-6-2-7-14-24/h1-2,4-6,10-13,19-20,22,27H,3,7-9,14-18,21H2/b20-10-,27-19?,28-22?. The molecule has 2 aliphatic carbocycles. The minimum absolute atomic E-state index is 0.0582. The van der Waals surface area contributed by atoms with Gasteiger partial charge in [0.05, 0.1) is 6.34 Å². The summed E-state index contributed by atoms with van der Waals surface area (Å²) in [6.07, 6.45) is 22.1. The highest BCUT2D eigenvalue weighted by molar-refractivity contribution is 5.88. The minimum atomic E-state index is 0.0582. The Bertz CT molecular complexity index is 814. The van der Waals surface area contributed by atoms with Gasteiger partial charge in [0.1, 0.15) is 0 Å². The molecule has 0 spiro atoms. The van der Waals surface area contributed by atoms with Crippen LogP contribution in [0.2, 0.25) is 0 Å². The molecule has 0 saturated heterocycles. The van der Waals surface area contributed by atoms with Crippen LogP contribution in [0.15, 0.2) is 71.4 Å². The summed E-state index contributed by atoms with van der Waals surface area (Å²) < 4.78 is 0. The highest BCUT2D eigenvalue weighted by atomic mass is 16.2. The Hall–Kier alpha value is -2.75. The molecule has 1 aromatic carbocycles. The van der Waals surface area contributed by atoms with Crippen LogP contribution >= 0.6 is 0 Å². The van der Waals surface area contributed by atoms with Gasteiger partial charge in [-0.1, -0.05) is 73.4 Å². The van der Waals surface area contributed by atoms with Gasteiger partial charge in [-0.25, -0.2) is 4.99 Å². The number of allylic oxidation sites excluding steroid dienone is 4. The first-order valence-corrected chi connectivity index (χ1v) is 11.1. The third-order valence-corrected chi connectivity index (χ3v) is 6.24. The quantitative estimate of drug-likeness (QED) is 0.407. The number of carbonyl (C=O) groups excluding carboxylic acids is 1. The zero-order valence-corrected chi connectivity index (χ0v) is 17.8. The molecule has 158 valence electrons. The van der Waals surface area contributed by atoms with Crippen molar-refractivity contribution in [2.45, 2.75) is 57.8 Å². The number of benzene rings is 1. The Balaban J connectivity index is 1.78. The fraction of sp³-hybridized carbons (Fsp3) is 0.423. The zero-order chi connectivity index (χ0) is 21.1. The van der Waals surface area contributed by atoms with Crippen LogP contribution in [0.25, 0.3) is 0 Å². The number of hydrogen-bond acceptors (Lipinski definition) is 3. The lowest BCUT2D eigenvalue weighted by molar-refractivity contribution is -0.128. The molecule has 0 aromatic heterocycles. The predicted octanol–water partition coefficient (Wildman–Crippen LogP) is 5.87. The van der Waals surface area contributed by atoms with E-state index in [2.05, 4.69) is 35.4 Å². The van der Waals surface area contributed by atoms with E-state index in [0.717, 1.165) is 32.1 Å². The monoisotopic (exact) mass is 403 g/mol. The molecular weight excluding hydrogens is 370 g/mol. The molecule has 1 aromatic rings. The molecule has 1 fully saturated rings. The van der Waals surface area contributed by atoms with Gasteiger partial charge >= 0.3 is 0 Å². The molecule has 1 saturated carbocycles.